The molecule has 0 fully saturated rings. The van der Waals surface area contributed by atoms with E-state index >= 15 is 0 Å². The van der Waals surface area contributed by atoms with Crippen LogP contribution in [0.3, 0.4) is 0 Å². The zero-order valence-corrected chi connectivity index (χ0v) is 35.3. The van der Waals surface area contributed by atoms with E-state index in [1.165, 1.54) is 10.6 Å². The van der Waals surface area contributed by atoms with Crippen LogP contribution in [0.4, 0.5) is 105 Å². The van der Waals surface area contributed by atoms with Gasteiger partial charge in [0.2, 0.25) is 0 Å². The van der Waals surface area contributed by atoms with Crippen molar-refractivity contribution in [3.63, 3.8) is 0 Å². The molecule has 0 aliphatic carbocycles. The molecule has 0 aliphatic heterocycles. The third-order valence-electron chi connectivity index (χ3n) is 10.5. The Morgan fingerprint density at radius 2 is 0.620 bits per heavy atom. The monoisotopic (exact) mass is 1070 g/mol. The molecule has 0 saturated heterocycles. The van der Waals surface area contributed by atoms with E-state index in [9.17, 15) is 105 Å². The van der Waals surface area contributed by atoms with E-state index in [-0.39, 0.29) is 0 Å². The van der Waals surface area contributed by atoms with Gasteiger partial charge in [-0.1, -0.05) is 96.8 Å². The Kier molecular flexibility index (Phi) is 15.0. The molecule has 0 unspecified atom stereocenters. The fourth-order valence-corrected chi connectivity index (χ4v) is 8.17. The number of nitrogens with zero attached hydrogens (tertiary/aromatic N) is 1. The zero-order valence-electron chi connectivity index (χ0n) is 34.5. The first-order chi connectivity index (χ1) is 32.2. The molecule has 27 heteroatoms. The molecule has 382 valence electrons. The van der Waals surface area contributed by atoms with Crippen molar-refractivity contribution in [3.8, 4) is 0 Å². The van der Waals surface area contributed by atoms with E-state index in [0.717, 1.165) is 6.54 Å². The smallest absolute Gasteiger partial charge is 0.194 e. The van der Waals surface area contributed by atoms with Crippen LogP contribution < -0.4 is 26.4 Å². The standard InChI is InChI=1S/C32H12BF24.C12H12NS/c34-25(35,36)13-1-14(26(37,38)39)6-21(5-13)33(22-7-15(27(40,41)42)2-16(8-22)28(43,44)45,23-9-17(29(46,47)48)3-18(10-23)30(49,50)51)24-11-19(31(52,53)54)4-20(12-24)32(55,56)57;1-2-12-13(8-9-14-12)10-11-6-4-3-5-7-11/h1-12H;2-9H,1,10H2/q-1;+1. The molecule has 6 rings (SSSR count). The Morgan fingerprint density at radius 3 is 0.831 bits per heavy atom. The van der Waals surface area contributed by atoms with Crippen LogP contribution >= 0.6 is 11.3 Å². The molecule has 71 heavy (non-hydrogen) atoms. The average Bonchev–Trinajstić information content (AvgIpc) is 3.68. The first-order valence-corrected chi connectivity index (χ1v) is 20.0. The first-order valence-electron chi connectivity index (χ1n) is 19.2. The van der Waals surface area contributed by atoms with Crippen LogP contribution in [0.2, 0.25) is 0 Å². The second-order valence-corrected chi connectivity index (χ2v) is 16.2. The van der Waals surface area contributed by atoms with Gasteiger partial charge in [-0.05, 0) is 24.3 Å². The molecular weight excluding hydrogens is 1040 g/mol. The molecule has 6 aromatic rings. The minimum Gasteiger partial charge on any atom is -0.194 e. The Hall–Kier alpha value is -6.15. The minimum absolute atomic E-state index is 0.691. The summed E-state index contributed by atoms with van der Waals surface area (Å²) in [7, 11) is 0. The highest BCUT2D eigenvalue weighted by atomic mass is 32.1. The van der Waals surface area contributed by atoms with Gasteiger partial charge in [0.25, 0.3) is 5.01 Å². The van der Waals surface area contributed by atoms with Crippen LogP contribution in [0.25, 0.3) is 6.08 Å². The number of hydrogen-bond donors (Lipinski definition) is 0. The van der Waals surface area contributed by atoms with Crippen LogP contribution in [0.1, 0.15) is 55.1 Å². The number of thiazole rings is 1. The van der Waals surface area contributed by atoms with Gasteiger partial charge in [-0.3, -0.25) is 0 Å². The summed E-state index contributed by atoms with van der Waals surface area (Å²) in [5.74, 6) is 0. The molecule has 0 amide bonds. The lowest BCUT2D eigenvalue weighted by Gasteiger charge is -2.46. The molecule has 1 nitrogen and oxygen atoms in total. The van der Waals surface area contributed by atoms with Gasteiger partial charge in [0, 0.05) is 11.6 Å². The zero-order chi connectivity index (χ0) is 53.7. The summed E-state index contributed by atoms with van der Waals surface area (Å²) in [6.07, 6.45) is -50.8. The van der Waals surface area contributed by atoms with E-state index in [0.29, 0.717) is 0 Å². The van der Waals surface area contributed by atoms with Gasteiger partial charge in [-0.2, -0.15) is 132 Å². The quantitative estimate of drug-likeness (QED) is 0.0852. The van der Waals surface area contributed by atoms with E-state index in [2.05, 4.69) is 47.0 Å². The number of aromatic nitrogens is 1. The predicted octanol–water partition coefficient (Wildman–Crippen LogP) is 13.9. The molecule has 0 radical (unpaired) electrons. The van der Waals surface area contributed by atoms with Gasteiger partial charge in [-0.25, -0.2) is 0 Å². The van der Waals surface area contributed by atoms with Gasteiger partial charge in [-0.15, -0.1) is 0 Å². The van der Waals surface area contributed by atoms with E-state index in [1.807, 2.05) is 12.1 Å². The lowest BCUT2D eigenvalue weighted by Crippen LogP contribution is -2.75. The van der Waals surface area contributed by atoms with Crippen molar-refractivity contribution in [2.45, 2.75) is 56.0 Å². The number of alkyl halides is 24. The van der Waals surface area contributed by atoms with E-state index < -0.39 is 195 Å². The van der Waals surface area contributed by atoms with Gasteiger partial charge in [0.15, 0.2) is 12.7 Å². The largest absolute Gasteiger partial charge is 0.416 e. The molecule has 1 heterocycles. The summed E-state index contributed by atoms with van der Waals surface area (Å²) in [4.78, 5) is 0. The maximum absolute atomic E-state index is 14.2. The number of benzene rings is 5. The fraction of sp³-hybridized carbons (Fsp3) is 0.205. The molecule has 0 atom stereocenters. The summed E-state index contributed by atoms with van der Waals surface area (Å²) < 4.78 is 343. The summed E-state index contributed by atoms with van der Waals surface area (Å²) in [5, 5.41) is 3.29. The van der Waals surface area contributed by atoms with Crippen LogP contribution in [0, 0.1) is 0 Å². The molecule has 0 spiro atoms. The van der Waals surface area contributed by atoms with Gasteiger partial charge in [0.05, 0.1) is 49.9 Å². The first kappa shape index (κ1) is 55.8. The number of hydrogen-bond acceptors (Lipinski definition) is 1. The van der Waals surface area contributed by atoms with Crippen molar-refractivity contribution in [2.75, 3.05) is 0 Å². The molecule has 0 saturated carbocycles. The highest BCUT2D eigenvalue weighted by Crippen LogP contribution is 2.41. The van der Waals surface area contributed by atoms with Crippen molar-refractivity contribution in [2.24, 2.45) is 0 Å². The van der Waals surface area contributed by atoms with Crippen molar-refractivity contribution in [3.05, 3.63) is 176 Å². The number of halogens is 24. The minimum atomic E-state index is -6.13. The summed E-state index contributed by atoms with van der Waals surface area (Å²) in [6, 6.07) is 1.63. The fourth-order valence-electron chi connectivity index (χ4n) is 7.46. The Bertz CT molecular complexity index is 2420. The third kappa shape index (κ3) is 12.9. The summed E-state index contributed by atoms with van der Waals surface area (Å²) in [6.45, 7) is 4.72. The molecule has 0 aliphatic rings. The second-order valence-electron chi connectivity index (χ2n) is 15.3. The van der Waals surface area contributed by atoms with E-state index in [4.69, 9.17) is 0 Å². The topological polar surface area (TPSA) is 3.88 Å². The van der Waals surface area contributed by atoms with Gasteiger partial charge in [0.1, 0.15) is 6.15 Å². The Morgan fingerprint density at radius 1 is 0.380 bits per heavy atom. The van der Waals surface area contributed by atoms with Gasteiger partial charge < -0.3 is 0 Å². The average molecular weight is 1070 g/mol. The highest BCUT2D eigenvalue weighted by Gasteiger charge is 2.47. The lowest BCUT2D eigenvalue weighted by molar-refractivity contribution is -0.685. The highest BCUT2D eigenvalue weighted by molar-refractivity contribution is 7.20. The maximum Gasteiger partial charge on any atom is 0.416 e. The summed E-state index contributed by atoms with van der Waals surface area (Å²) in [5.41, 5.74) is -28.9. The molecule has 5 aromatic carbocycles. The van der Waals surface area contributed by atoms with Crippen LogP contribution in [-0.2, 0) is 56.0 Å². The lowest BCUT2D eigenvalue weighted by atomic mass is 9.12. The van der Waals surface area contributed by atoms with Crippen LogP contribution in [0.15, 0.2) is 121 Å². The van der Waals surface area contributed by atoms with Crippen molar-refractivity contribution in [1.82, 2.24) is 0 Å². The van der Waals surface area contributed by atoms with Crippen LogP contribution in [-0.4, -0.2) is 6.15 Å². The second kappa shape index (κ2) is 19.1. The number of rotatable bonds is 7. The van der Waals surface area contributed by atoms with Crippen molar-refractivity contribution in [1.29, 1.82) is 0 Å². The van der Waals surface area contributed by atoms with Crippen molar-refractivity contribution < 1.29 is 110 Å². The normalized spacial score (nSPS) is 13.5. The molecular formula is C44H24BF24NS. The van der Waals surface area contributed by atoms with Crippen molar-refractivity contribution >= 4 is 45.4 Å². The summed E-state index contributed by atoms with van der Waals surface area (Å²) >= 11 is 1.71. The Balaban J connectivity index is 0.000000569. The Labute approximate surface area is 387 Å². The van der Waals surface area contributed by atoms with Crippen LogP contribution in [0.5, 0.6) is 0 Å². The predicted molar refractivity (Wildman–Crippen MR) is 210 cm³/mol. The SMILES string of the molecule is C=Cc1scc[n+]1Cc1ccccc1.FC(F)(F)c1cc([B-](c2cc(C(F)(F)F)cc(C(F)(F)F)c2)(c2cc(C(F)(F)F)cc(C(F)(F)F)c2)c2cc(C(F)(F)F)cc(C(F)(F)F)c2)cc(C(F)(F)F)c1. The maximum atomic E-state index is 14.2. The molecule has 1 aromatic heterocycles. The molecule has 0 bridgehead atoms. The van der Waals surface area contributed by atoms with E-state index in [1.54, 1.807) is 11.3 Å². The third-order valence-corrected chi connectivity index (χ3v) is 11.4. The van der Waals surface area contributed by atoms with Gasteiger partial charge >= 0.3 is 49.4 Å². The molecule has 0 N–H and O–H groups in total.